The summed E-state index contributed by atoms with van der Waals surface area (Å²) in [6, 6.07) is 9.61. The number of halogens is 1. The zero-order chi connectivity index (χ0) is 17.9. The number of nitrogens with one attached hydrogen (secondary N) is 1. The smallest absolute Gasteiger partial charge is 0.257 e. The van der Waals surface area contributed by atoms with Crippen LogP contribution < -0.4 is 4.90 Å². The first-order valence-corrected chi connectivity index (χ1v) is 9.12. The zero-order valence-corrected chi connectivity index (χ0v) is 15.6. The predicted molar refractivity (Wildman–Crippen MR) is 102 cm³/mol. The first-order valence-electron chi connectivity index (χ1n) is 8.33. The van der Waals surface area contributed by atoms with E-state index in [9.17, 15) is 4.79 Å². The van der Waals surface area contributed by atoms with Crippen molar-refractivity contribution in [1.82, 2.24) is 25.1 Å². The van der Waals surface area contributed by atoms with E-state index in [0.717, 1.165) is 15.7 Å². The number of hydrogen-bond acceptors (Lipinski definition) is 5. The van der Waals surface area contributed by atoms with E-state index in [-0.39, 0.29) is 5.91 Å². The van der Waals surface area contributed by atoms with Gasteiger partial charge in [0.1, 0.15) is 0 Å². The fourth-order valence-electron chi connectivity index (χ4n) is 3.05. The van der Waals surface area contributed by atoms with Gasteiger partial charge in [-0.1, -0.05) is 28.1 Å². The van der Waals surface area contributed by atoms with Gasteiger partial charge in [-0.2, -0.15) is 5.10 Å². The van der Waals surface area contributed by atoms with Crippen LogP contribution in [0, 0.1) is 0 Å². The van der Waals surface area contributed by atoms with Crippen LogP contribution in [0.15, 0.2) is 53.4 Å². The van der Waals surface area contributed by atoms with Crippen molar-refractivity contribution in [3.63, 3.8) is 0 Å². The number of H-pyrrole nitrogens is 1. The monoisotopic (exact) mass is 412 g/mol. The van der Waals surface area contributed by atoms with Crippen molar-refractivity contribution in [2.24, 2.45) is 0 Å². The molecule has 3 aromatic rings. The minimum Gasteiger partial charge on any atom is -0.337 e. The molecule has 1 aromatic carbocycles. The molecule has 0 atom stereocenters. The number of carbonyl (C=O) groups is 1. The molecule has 1 fully saturated rings. The number of amides is 1. The second kappa shape index (κ2) is 7.25. The van der Waals surface area contributed by atoms with Crippen LogP contribution in [0.1, 0.15) is 10.4 Å². The Morgan fingerprint density at radius 3 is 2.58 bits per heavy atom. The molecule has 1 saturated heterocycles. The molecule has 0 unspecified atom stereocenters. The third-order valence-corrected chi connectivity index (χ3v) is 4.88. The summed E-state index contributed by atoms with van der Waals surface area (Å²) >= 11 is 3.47. The molecule has 0 radical (unpaired) electrons. The molecule has 4 rings (SSSR count). The van der Waals surface area contributed by atoms with Gasteiger partial charge in [-0.25, -0.2) is 9.97 Å². The summed E-state index contributed by atoms with van der Waals surface area (Å²) in [5, 5.41) is 7.04. The van der Waals surface area contributed by atoms with Crippen LogP contribution in [-0.4, -0.2) is 57.2 Å². The SMILES string of the molecule is O=C(c1cn[nH]c1-c1cccc(Br)c1)N1CCN(c2ncccn2)CC1. The maximum atomic E-state index is 13.0. The van der Waals surface area contributed by atoms with Crippen molar-refractivity contribution in [1.29, 1.82) is 0 Å². The van der Waals surface area contributed by atoms with Gasteiger partial charge in [-0.15, -0.1) is 0 Å². The number of piperazine rings is 1. The fourth-order valence-corrected chi connectivity index (χ4v) is 3.45. The number of benzene rings is 1. The molecule has 1 aliphatic rings. The molecule has 3 heterocycles. The number of rotatable bonds is 3. The Kier molecular flexibility index (Phi) is 4.66. The maximum Gasteiger partial charge on any atom is 0.257 e. The molecule has 1 amide bonds. The summed E-state index contributed by atoms with van der Waals surface area (Å²) < 4.78 is 0.958. The first-order chi connectivity index (χ1) is 12.7. The van der Waals surface area contributed by atoms with E-state index in [2.05, 4.69) is 41.0 Å². The number of aromatic nitrogens is 4. The third kappa shape index (κ3) is 3.32. The minimum atomic E-state index is -0.0117. The van der Waals surface area contributed by atoms with E-state index in [0.29, 0.717) is 37.7 Å². The Labute approximate surface area is 159 Å². The van der Waals surface area contributed by atoms with Crippen LogP contribution in [-0.2, 0) is 0 Å². The lowest BCUT2D eigenvalue weighted by Gasteiger charge is -2.34. The van der Waals surface area contributed by atoms with E-state index < -0.39 is 0 Å². The summed E-state index contributed by atoms with van der Waals surface area (Å²) in [5.74, 6) is 0.695. The molecule has 0 aliphatic carbocycles. The quantitative estimate of drug-likeness (QED) is 0.714. The summed E-state index contributed by atoms with van der Waals surface area (Å²) in [4.78, 5) is 25.5. The highest BCUT2D eigenvalue weighted by Gasteiger charge is 2.26. The van der Waals surface area contributed by atoms with Crippen molar-refractivity contribution in [3.05, 3.63) is 59.0 Å². The number of carbonyl (C=O) groups excluding carboxylic acids is 1. The molecule has 8 heteroatoms. The van der Waals surface area contributed by atoms with Crippen molar-refractivity contribution in [3.8, 4) is 11.3 Å². The van der Waals surface area contributed by atoms with Crippen LogP contribution in [0.4, 0.5) is 5.95 Å². The second-order valence-corrected chi connectivity index (χ2v) is 6.91. The van der Waals surface area contributed by atoms with Crippen molar-refractivity contribution in [2.75, 3.05) is 31.1 Å². The Balaban J connectivity index is 1.49. The predicted octanol–water partition coefficient (Wildman–Crippen LogP) is 2.59. The lowest BCUT2D eigenvalue weighted by atomic mass is 10.1. The standard InChI is InChI=1S/C18H17BrN6O/c19-14-4-1-3-13(11-14)16-15(12-22-23-16)17(26)24-7-9-25(10-8-24)18-20-5-2-6-21-18/h1-6,11-12H,7-10H2,(H,22,23). The van der Waals surface area contributed by atoms with E-state index in [1.54, 1.807) is 24.7 Å². The van der Waals surface area contributed by atoms with Gasteiger partial charge in [0.05, 0.1) is 17.5 Å². The maximum absolute atomic E-state index is 13.0. The van der Waals surface area contributed by atoms with Gasteiger partial charge in [0.25, 0.3) is 5.91 Å². The molecule has 0 bridgehead atoms. The normalized spacial score (nSPS) is 14.5. The summed E-state index contributed by atoms with van der Waals surface area (Å²) in [7, 11) is 0. The van der Waals surface area contributed by atoms with E-state index >= 15 is 0 Å². The van der Waals surface area contributed by atoms with Crippen LogP contribution in [0.3, 0.4) is 0 Å². The largest absolute Gasteiger partial charge is 0.337 e. The molecule has 2 aromatic heterocycles. The average molecular weight is 413 g/mol. The van der Waals surface area contributed by atoms with E-state index in [1.165, 1.54) is 0 Å². The molecular formula is C18H17BrN6O. The van der Waals surface area contributed by atoms with Crippen LogP contribution in [0.5, 0.6) is 0 Å². The number of aromatic amines is 1. The van der Waals surface area contributed by atoms with E-state index in [1.807, 2.05) is 29.2 Å². The van der Waals surface area contributed by atoms with Crippen molar-refractivity contribution < 1.29 is 4.79 Å². The Morgan fingerprint density at radius 2 is 1.85 bits per heavy atom. The minimum absolute atomic E-state index is 0.0117. The summed E-state index contributed by atoms with van der Waals surface area (Å²) in [5.41, 5.74) is 2.26. The highest BCUT2D eigenvalue weighted by atomic mass is 79.9. The lowest BCUT2D eigenvalue weighted by Crippen LogP contribution is -2.49. The van der Waals surface area contributed by atoms with Gasteiger partial charge in [0.15, 0.2) is 0 Å². The first kappa shape index (κ1) is 16.7. The lowest BCUT2D eigenvalue weighted by molar-refractivity contribution is 0.0747. The van der Waals surface area contributed by atoms with Crippen LogP contribution in [0.25, 0.3) is 11.3 Å². The highest BCUT2D eigenvalue weighted by Crippen LogP contribution is 2.25. The Bertz CT molecular complexity index is 905. The van der Waals surface area contributed by atoms with Crippen molar-refractivity contribution in [2.45, 2.75) is 0 Å². The summed E-state index contributed by atoms with van der Waals surface area (Å²) in [6.07, 6.45) is 5.07. The van der Waals surface area contributed by atoms with Gasteiger partial charge >= 0.3 is 0 Å². The van der Waals surface area contributed by atoms with Crippen LogP contribution >= 0.6 is 15.9 Å². The van der Waals surface area contributed by atoms with E-state index in [4.69, 9.17) is 0 Å². The molecule has 1 aliphatic heterocycles. The average Bonchev–Trinajstić information content (AvgIpc) is 3.18. The Morgan fingerprint density at radius 1 is 1.08 bits per heavy atom. The number of nitrogens with zero attached hydrogens (tertiary/aromatic N) is 5. The van der Waals surface area contributed by atoms with Crippen LogP contribution in [0.2, 0.25) is 0 Å². The molecular weight excluding hydrogens is 396 g/mol. The Hall–Kier alpha value is -2.74. The fraction of sp³-hybridized carbons (Fsp3) is 0.222. The summed E-state index contributed by atoms with van der Waals surface area (Å²) in [6.45, 7) is 2.67. The van der Waals surface area contributed by atoms with Gasteiger partial charge in [0, 0.05) is 48.6 Å². The molecule has 132 valence electrons. The number of hydrogen-bond donors (Lipinski definition) is 1. The molecule has 7 nitrogen and oxygen atoms in total. The molecule has 0 saturated carbocycles. The molecule has 26 heavy (non-hydrogen) atoms. The topological polar surface area (TPSA) is 78.0 Å². The van der Waals surface area contributed by atoms with Crippen molar-refractivity contribution >= 4 is 27.8 Å². The zero-order valence-electron chi connectivity index (χ0n) is 14.0. The van der Waals surface area contributed by atoms with Gasteiger partial charge < -0.3 is 9.80 Å². The van der Waals surface area contributed by atoms with Gasteiger partial charge in [-0.05, 0) is 18.2 Å². The van der Waals surface area contributed by atoms with Gasteiger partial charge in [0.2, 0.25) is 5.95 Å². The molecule has 0 spiro atoms. The van der Waals surface area contributed by atoms with Gasteiger partial charge in [-0.3, -0.25) is 9.89 Å². The molecule has 1 N–H and O–H groups in total. The third-order valence-electron chi connectivity index (χ3n) is 4.38. The second-order valence-electron chi connectivity index (χ2n) is 6.00. The highest BCUT2D eigenvalue weighted by molar-refractivity contribution is 9.10. The number of anilines is 1.